The van der Waals surface area contributed by atoms with Crippen molar-refractivity contribution >= 4 is 16.6 Å². The molecule has 4 radical (unpaired) electrons. The highest BCUT2D eigenvalue weighted by atomic mass is 14.7. The Morgan fingerprint density at radius 2 is 2.07 bits per heavy atom. The predicted molar refractivity (Wildman–Crippen MR) is 59.5 cm³/mol. The normalized spacial score (nSPS) is 10.3. The molecule has 0 saturated carbocycles. The lowest BCUT2D eigenvalue weighted by Crippen LogP contribution is -1.92. The summed E-state index contributed by atoms with van der Waals surface area (Å²) in [6, 6.07) is 5.31. The Labute approximate surface area is 89.4 Å². The van der Waals surface area contributed by atoms with E-state index in [-0.39, 0.29) is 0 Å². The van der Waals surface area contributed by atoms with Crippen LogP contribution in [0.25, 0.3) is 15.7 Å². The van der Waals surface area contributed by atoms with Crippen LogP contribution in [0, 0.1) is 27.3 Å². The van der Waals surface area contributed by atoms with Crippen LogP contribution in [0.15, 0.2) is 18.2 Å². The van der Waals surface area contributed by atoms with Crippen LogP contribution in [-0.4, -0.2) is 4.98 Å². The number of nitrogens with zero attached hydrogens (tertiary/aromatic N) is 2. The minimum Gasteiger partial charge on any atom is -0.254 e. The number of aromatic nitrogens is 1. The van der Waals surface area contributed by atoms with Crippen molar-refractivity contribution in [3.05, 3.63) is 60.3 Å². The standard InChI is InChI=1S/C13H8N2/c1-8-9(2)12-6-5-11(14-4)7-13(12)15-10(8)3/h1,3,5-7H,2H3. The average Bonchev–Trinajstić information content (AvgIpc) is 2.25. The number of benzene rings is 1. The second kappa shape index (κ2) is 3.36. The van der Waals surface area contributed by atoms with Gasteiger partial charge in [-0.2, -0.15) is 0 Å². The highest BCUT2D eigenvalue weighted by molar-refractivity contribution is 5.86. The van der Waals surface area contributed by atoms with Gasteiger partial charge >= 0.3 is 0 Å². The molecule has 0 aliphatic carbocycles. The zero-order valence-corrected chi connectivity index (χ0v) is 8.28. The molecule has 1 aromatic heterocycles. The van der Waals surface area contributed by atoms with Crippen LogP contribution in [0.4, 0.5) is 5.69 Å². The maximum Gasteiger partial charge on any atom is 0.189 e. The average molecular weight is 192 g/mol. The summed E-state index contributed by atoms with van der Waals surface area (Å²) in [5.74, 6) is 0. The number of fused-ring (bicyclic) bond motifs is 1. The molecular formula is C13H8N2. The highest BCUT2D eigenvalue weighted by Crippen LogP contribution is 2.25. The molecule has 0 aliphatic heterocycles. The molecular weight excluding hydrogens is 184 g/mol. The van der Waals surface area contributed by atoms with Crippen molar-refractivity contribution < 1.29 is 0 Å². The first kappa shape index (κ1) is 9.67. The first-order valence-electron chi connectivity index (χ1n) is 4.46. The lowest BCUT2D eigenvalue weighted by atomic mass is 10.0. The van der Waals surface area contributed by atoms with Gasteiger partial charge in [-0.25, -0.2) is 4.85 Å². The third kappa shape index (κ3) is 1.46. The van der Waals surface area contributed by atoms with Crippen LogP contribution < -0.4 is 0 Å². The van der Waals surface area contributed by atoms with Crippen LogP contribution in [0.5, 0.6) is 0 Å². The zero-order chi connectivity index (χ0) is 11.0. The molecule has 0 unspecified atom stereocenters. The fraction of sp³-hybridized carbons (Fsp3) is 0.0769. The number of aryl methyl sites for hydroxylation is 1. The van der Waals surface area contributed by atoms with Gasteiger partial charge in [0.2, 0.25) is 0 Å². The summed E-state index contributed by atoms with van der Waals surface area (Å²) in [6.45, 7) is 20.2. The van der Waals surface area contributed by atoms with Gasteiger partial charge in [-0.05, 0) is 24.1 Å². The highest BCUT2D eigenvalue weighted by Gasteiger charge is 2.06. The van der Waals surface area contributed by atoms with E-state index in [0.717, 1.165) is 10.9 Å². The fourth-order valence-corrected chi connectivity index (χ4v) is 1.53. The zero-order valence-electron chi connectivity index (χ0n) is 8.28. The Kier molecular flexibility index (Phi) is 2.17. The van der Waals surface area contributed by atoms with Gasteiger partial charge in [-0.3, -0.25) is 4.98 Å². The Balaban J connectivity index is 2.87. The van der Waals surface area contributed by atoms with Gasteiger partial charge in [-0.1, -0.05) is 12.1 Å². The van der Waals surface area contributed by atoms with Gasteiger partial charge in [-0.15, -0.1) is 0 Å². The molecule has 0 aliphatic rings. The summed E-state index contributed by atoms with van der Waals surface area (Å²) in [4.78, 5) is 7.49. The van der Waals surface area contributed by atoms with Gasteiger partial charge in [0.25, 0.3) is 0 Å². The quantitative estimate of drug-likeness (QED) is 0.586. The van der Waals surface area contributed by atoms with Gasteiger partial charge in [0, 0.05) is 24.9 Å². The van der Waals surface area contributed by atoms with E-state index in [1.165, 1.54) is 0 Å². The SMILES string of the molecule is [C-]#[N+]c1ccc2c(C)c([CH])c([CH])nc2c1. The monoisotopic (exact) mass is 192 g/mol. The Morgan fingerprint density at radius 1 is 1.33 bits per heavy atom. The number of rotatable bonds is 0. The molecule has 2 aromatic rings. The smallest absolute Gasteiger partial charge is 0.189 e. The molecule has 1 heterocycles. The summed E-state index contributed by atoms with van der Waals surface area (Å²) in [5, 5.41) is 0.939. The Morgan fingerprint density at radius 3 is 2.73 bits per heavy atom. The van der Waals surface area contributed by atoms with E-state index in [1.54, 1.807) is 12.1 Å². The largest absolute Gasteiger partial charge is 0.254 e. The lowest BCUT2D eigenvalue weighted by molar-refractivity contribution is 1.27. The van der Waals surface area contributed by atoms with Crippen molar-refractivity contribution in [2.24, 2.45) is 0 Å². The summed E-state index contributed by atoms with van der Waals surface area (Å²) in [7, 11) is 0. The minimum atomic E-state index is 0.321. The molecule has 0 spiro atoms. The number of hydrogen-bond donors (Lipinski definition) is 0. The Hall–Kier alpha value is -1.88. The molecule has 0 saturated heterocycles. The van der Waals surface area contributed by atoms with E-state index in [2.05, 4.69) is 9.83 Å². The van der Waals surface area contributed by atoms with Crippen LogP contribution in [0.2, 0.25) is 0 Å². The molecule has 2 rings (SSSR count). The summed E-state index contributed by atoms with van der Waals surface area (Å²) < 4.78 is 0. The molecule has 70 valence electrons. The van der Waals surface area contributed by atoms with Gasteiger partial charge < -0.3 is 0 Å². The van der Waals surface area contributed by atoms with Crippen molar-refractivity contribution in [3.63, 3.8) is 0 Å². The number of pyridine rings is 1. The van der Waals surface area contributed by atoms with E-state index in [1.807, 2.05) is 13.0 Å². The van der Waals surface area contributed by atoms with Crippen molar-refractivity contribution in [2.45, 2.75) is 6.92 Å². The van der Waals surface area contributed by atoms with Crippen LogP contribution >= 0.6 is 0 Å². The molecule has 15 heavy (non-hydrogen) atoms. The van der Waals surface area contributed by atoms with Gasteiger partial charge in [0.05, 0.1) is 12.1 Å². The third-order valence-corrected chi connectivity index (χ3v) is 2.44. The molecule has 0 atom stereocenters. The van der Waals surface area contributed by atoms with Crippen LogP contribution in [0.1, 0.15) is 16.8 Å². The topological polar surface area (TPSA) is 17.2 Å². The minimum absolute atomic E-state index is 0.321. The number of hydrogen-bond acceptors (Lipinski definition) is 1. The first-order chi connectivity index (χ1) is 7.13. The molecule has 0 N–H and O–H groups in total. The van der Waals surface area contributed by atoms with Gasteiger partial charge in [0.15, 0.2) is 5.69 Å². The van der Waals surface area contributed by atoms with Crippen LogP contribution in [0.3, 0.4) is 0 Å². The predicted octanol–water partition coefficient (Wildman–Crippen LogP) is 3.21. The van der Waals surface area contributed by atoms with E-state index in [9.17, 15) is 0 Å². The van der Waals surface area contributed by atoms with Crippen molar-refractivity contribution in [2.75, 3.05) is 0 Å². The summed E-state index contributed by atoms with van der Waals surface area (Å²) >= 11 is 0. The second-order valence-electron chi connectivity index (χ2n) is 3.35. The van der Waals surface area contributed by atoms with Gasteiger partial charge in [0.1, 0.15) is 0 Å². The maximum atomic E-state index is 6.91. The van der Waals surface area contributed by atoms with E-state index >= 15 is 0 Å². The van der Waals surface area contributed by atoms with E-state index in [4.69, 9.17) is 20.4 Å². The summed E-state index contributed by atoms with van der Waals surface area (Å²) in [6.07, 6.45) is 0. The lowest BCUT2D eigenvalue weighted by Gasteiger charge is -2.08. The van der Waals surface area contributed by atoms with Crippen LogP contribution in [-0.2, 0) is 0 Å². The first-order valence-corrected chi connectivity index (χ1v) is 4.46. The molecule has 0 fully saturated rings. The fourth-order valence-electron chi connectivity index (χ4n) is 1.53. The van der Waals surface area contributed by atoms with Crippen molar-refractivity contribution in [1.82, 2.24) is 4.98 Å². The van der Waals surface area contributed by atoms with Crippen molar-refractivity contribution in [3.8, 4) is 0 Å². The van der Waals surface area contributed by atoms with E-state index < -0.39 is 0 Å². The second-order valence-corrected chi connectivity index (χ2v) is 3.35. The maximum absolute atomic E-state index is 6.91. The molecule has 2 heteroatoms. The molecule has 0 amide bonds. The van der Waals surface area contributed by atoms with Crippen molar-refractivity contribution in [1.29, 1.82) is 0 Å². The Bertz CT molecular complexity index is 577. The van der Waals surface area contributed by atoms with E-state index in [0.29, 0.717) is 22.5 Å². The summed E-state index contributed by atoms with van der Waals surface area (Å²) in [5.41, 5.74) is 3.01. The molecule has 0 bridgehead atoms. The third-order valence-electron chi connectivity index (χ3n) is 2.44. The molecule has 2 nitrogen and oxygen atoms in total. The molecule has 1 aromatic carbocycles.